The molecule has 0 saturated heterocycles. The van der Waals surface area contributed by atoms with Crippen molar-refractivity contribution < 1.29 is 9.84 Å². The van der Waals surface area contributed by atoms with E-state index in [0.717, 1.165) is 6.04 Å². The van der Waals surface area contributed by atoms with Gasteiger partial charge < -0.3 is 9.84 Å². The summed E-state index contributed by atoms with van der Waals surface area (Å²) in [6.45, 7) is 8.24. The Kier molecular flexibility index (Phi) is 6.16. The predicted octanol–water partition coefficient (Wildman–Crippen LogP) is 3.06. The van der Waals surface area contributed by atoms with E-state index in [2.05, 4.69) is 81.4 Å². The predicted molar refractivity (Wildman–Crippen MR) is 100 cm³/mol. The minimum atomic E-state index is -2.01. The molecular formula is C20H28O2Si. The van der Waals surface area contributed by atoms with Crippen LogP contribution in [-0.4, -0.2) is 33.0 Å². The fraction of sp³-hybridized carbons (Fsp3) is 0.400. The number of ether oxygens (including phenoxy) is 1. The zero-order valence-corrected chi connectivity index (χ0v) is 15.5. The van der Waals surface area contributed by atoms with Crippen molar-refractivity contribution in [3.63, 3.8) is 0 Å². The summed E-state index contributed by atoms with van der Waals surface area (Å²) in [7, 11) is -2.01. The Balaban J connectivity index is 2.51. The summed E-state index contributed by atoms with van der Waals surface area (Å²) < 4.78 is 5.66. The summed E-state index contributed by atoms with van der Waals surface area (Å²) in [5.74, 6) is 0. The molecule has 0 fully saturated rings. The van der Waals surface area contributed by atoms with Crippen LogP contribution in [0.15, 0.2) is 60.7 Å². The highest BCUT2D eigenvalue weighted by Gasteiger charge is 2.46. The molecular weight excluding hydrogens is 300 g/mol. The molecule has 2 rings (SSSR count). The molecule has 0 heterocycles. The van der Waals surface area contributed by atoms with E-state index in [0.29, 0.717) is 13.2 Å². The van der Waals surface area contributed by atoms with Gasteiger partial charge in [0.25, 0.3) is 0 Å². The zero-order valence-electron chi connectivity index (χ0n) is 14.5. The Morgan fingerprint density at radius 1 is 0.826 bits per heavy atom. The van der Waals surface area contributed by atoms with E-state index >= 15 is 0 Å². The molecule has 0 atom stereocenters. The lowest BCUT2D eigenvalue weighted by molar-refractivity contribution is 0.101. The Bertz CT molecular complexity index is 536. The van der Waals surface area contributed by atoms with Crippen molar-refractivity contribution in [2.75, 3.05) is 19.8 Å². The molecule has 23 heavy (non-hydrogen) atoms. The highest BCUT2D eigenvalue weighted by Crippen LogP contribution is 2.38. The third-order valence-electron chi connectivity index (χ3n) is 4.67. The van der Waals surface area contributed by atoms with Crippen molar-refractivity contribution in [1.82, 2.24) is 0 Å². The average Bonchev–Trinajstić information content (AvgIpc) is 2.55. The third-order valence-corrected chi connectivity index (χ3v) is 10.8. The van der Waals surface area contributed by atoms with E-state index < -0.39 is 8.07 Å². The minimum absolute atomic E-state index is 0.0841. The van der Waals surface area contributed by atoms with E-state index in [1.807, 2.05) is 0 Å². The maximum atomic E-state index is 8.98. The van der Waals surface area contributed by atoms with Crippen LogP contribution in [-0.2, 0) is 4.74 Å². The summed E-state index contributed by atoms with van der Waals surface area (Å²) >= 11 is 0. The first-order valence-corrected chi connectivity index (χ1v) is 10.5. The summed E-state index contributed by atoms with van der Waals surface area (Å²) in [6.07, 6.45) is 0. The first-order chi connectivity index (χ1) is 11.0. The second-order valence-corrected chi connectivity index (χ2v) is 11.9. The number of hydrogen-bond donors (Lipinski definition) is 1. The van der Waals surface area contributed by atoms with Crippen molar-refractivity contribution in [2.24, 2.45) is 0 Å². The Morgan fingerprint density at radius 2 is 1.30 bits per heavy atom. The molecule has 0 saturated carbocycles. The minimum Gasteiger partial charge on any atom is -0.394 e. The lowest BCUT2D eigenvalue weighted by Gasteiger charge is -2.44. The molecule has 3 heteroatoms. The maximum absolute atomic E-state index is 8.98. The van der Waals surface area contributed by atoms with Crippen LogP contribution < -0.4 is 10.4 Å². The first-order valence-electron chi connectivity index (χ1n) is 8.32. The smallest absolute Gasteiger partial charge is 0.125 e. The van der Waals surface area contributed by atoms with Gasteiger partial charge in [0.15, 0.2) is 0 Å². The van der Waals surface area contributed by atoms with Crippen LogP contribution in [0.1, 0.15) is 20.8 Å². The average molecular weight is 329 g/mol. The highest BCUT2D eigenvalue weighted by atomic mass is 28.3. The van der Waals surface area contributed by atoms with Gasteiger partial charge in [-0.25, -0.2) is 0 Å². The molecule has 0 spiro atoms. The van der Waals surface area contributed by atoms with Crippen molar-refractivity contribution in [3.05, 3.63) is 60.7 Å². The fourth-order valence-corrected chi connectivity index (χ4v) is 8.90. The van der Waals surface area contributed by atoms with Crippen molar-refractivity contribution in [1.29, 1.82) is 0 Å². The third kappa shape index (κ3) is 3.92. The summed E-state index contributed by atoms with van der Waals surface area (Å²) in [5, 5.41) is 12.0. The number of aliphatic hydroxyl groups excluding tert-OH is 1. The number of rotatable bonds is 7. The van der Waals surface area contributed by atoms with Crippen LogP contribution in [0.5, 0.6) is 0 Å². The van der Waals surface area contributed by atoms with Crippen molar-refractivity contribution in [2.45, 2.75) is 31.9 Å². The lowest BCUT2D eigenvalue weighted by atomic mass is 10.2. The molecule has 0 unspecified atom stereocenters. The van der Waals surface area contributed by atoms with E-state index in [1.165, 1.54) is 10.4 Å². The number of hydrogen-bond acceptors (Lipinski definition) is 2. The van der Waals surface area contributed by atoms with Gasteiger partial charge in [-0.05, 0) is 11.1 Å². The van der Waals surface area contributed by atoms with E-state index in [4.69, 9.17) is 9.84 Å². The number of benzene rings is 2. The van der Waals surface area contributed by atoms with Crippen molar-refractivity contribution in [3.8, 4) is 0 Å². The lowest BCUT2D eigenvalue weighted by Crippen LogP contribution is -2.64. The maximum Gasteiger partial charge on any atom is 0.125 e. The van der Waals surface area contributed by atoms with E-state index in [-0.39, 0.29) is 11.6 Å². The van der Waals surface area contributed by atoms with E-state index in [1.54, 1.807) is 0 Å². The van der Waals surface area contributed by atoms with Crippen LogP contribution in [0.3, 0.4) is 0 Å². The quantitative estimate of drug-likeness (QED) is 0.625. The molecule has 0 aromatic heterocycles. The topological polar surface area (TPSA) is 29.5 Å². The Morgan fingerprint density at radius 3 is 1.70 bits per heavy atom. The van der Waals surface area contributed by atoms with Gasteiger partial charge in [0.05, 0.1) is 13.2 Å². The summed E-state index contributed by atoms with van der Waals surface area (Å²) in [4.78, 5) is 0. The van der Waals surface area contributed by atoms with Crippen molar-refractivity contribution >= 4 is 18.4 Å². The zero-order chi connectivity index (χ0) is 16.8. The fourth-order valence-electron chi connectivity index (χ4n) is 3.53. The molecule has 0 aliphatic carbocycles. The summed E-state index contributed by atoms with van der Waals surface area (Å²) in [6, 6.07) is 22.8. The van der Waals surface area contributed by atoms with E-state index in [9.17, 15) is 0 Å². The van der Waals surface area contributed by atoms with Crippen LogP contribution in [0.2, 0.25) is 11.1 Å². The van der Waals surface area contributed by atoms with Gasteiger partial charge >= 0.3 is 0 Å². The molecule has 0 radical (unpaired) electrons. The van der Waals surface area contributed by atoms with Crippen LogP contribution in [0.4, 0.5) is 0 Å². The standard InChI is InChI=1S/C20H28O2Si/c1-20(2,3)23(17-16-22-15-14-21,18-10-6-4-7-11-18)19-12-8-5-9-13-19/h4-13,21H,14-17H2,1-3H3. The largest absolute Gasteiger partial charge is 0.394 e. The monoisotopic (exact) mass is 328 g/mol. The second-order valence-electron chi connectivity index (χ2n) is 6.97. The molecule has 1 N–H and O–H groups in total. The van der Waals surface area contributed by atoms with Gasteiger partial charge in [0.2, 0.25) is 0 Å². The van der Waals surface area contributed by atoms with Gasteiger partial charge in [0.1, 0.15) is 8.07 Å². The van der Waals surface area contributed by atoms with Crippen LogP contribution in [0, 0.1) is 0 Å². The van der Waals surface area contributed by atoms with Gasteiger partial charge in [-0.15, -0.1) is 0 Å². The number of aliphatic hydroxyl groups is 1. The summed E-state index contributed by atoms with van der Waals surface area (Å²) in [5.41, 5.74) is 0. The molecule has 0 bridgehead atoms. The van der Waals surface area contributed by atoms with Crippen LogP contribution >= 0.6 is 0 Å². The normalized spacial score (nSPS) is 12.3. The SMILES string of the molecule is CC(C)(C)[Si](CCOCCO)(c1ccccc1)c1ccccc1. The Labute approximate surface area is 141 Å². The van der Waals surface area contributed by atoms with Gasteiger partial charge in [-0.3, -0.25) is 0 Å². The molecule has 0 amide bonds. The molecule has 0 aliphatic heterocycles. The van der Waals surface area contributed by atoms with Gasteiger partial charge in [-0.2, -0.15) is 0 Å². The molecule has 0 aliphatic rings. The Hall–Kier alpha value is -1.42. The van der Waals surface area contributed by atoms with Crippen LogP contribution in [0.25, 0.3) is 0 Å². The van der Waals surface area contributed by atoms with Gasteiger partial charge in [-0.1, -0.05) is 91.8 Å². The first kappa shape index (κ1) is 17.9. The highest BCUT2D eigenvalue weighted by molar-refractivity contribution is 7.04. The van der Waals surface area contributed by atoms with Gasteiger partial charge in [0, 0.05) is 6.61 Å². The molecule has 124 valence electrons. The molecule has 2 aromatic rings. The molecule has 2 aromatic carbocycles. The second kappa shape index (κ2) is 7.91. The molecule has 2 nitrogen and oxygen atoms in total.